The molecule has 2 aromatic rings. The Kier molecular flexibility index (Phi) is 3.65. The summed E-state index contributed by atoms with van der Waals surface area (Å²) >= 11 is 0. The number of ether oxygens (including phenoxy) is 1. The minimum atomic E-state index is -0.974. The minimum absolute atomic E-state index is 0.0762. The van der Waals surface area contributed by atoms with Crippen molar-refractivity contribution in [1.82, 2.24) is 5.32 Å². The fraction of sp³-hybridized carbons (Fsp3) is 0.357. The lowest BCUT2D eigenvalue weighted by Crippen LogP contribution is -2.32. The van der Waals surface area contributed by atoms with E-state index in [1.54, 1.807) is 20.8 Å². The van der Waals surface area contributed by atoms with Crippen LogP contribution < -0.4 is 5.32 Å². The van der Waals surface area contributed by atoms with Gasteiger partial charge in [-0.3, -0.25) is 0 Å². The summed E-state index contributed by atoms with van der Waals surface area (Å²) in [5.41, 5.74) is -0.366. The molecule has 4 nitrogen and oxygen atoms in total. The Morgan fingerprint density at radius 3 is 2.55 bits per heavy atom. The van der Waals surface area contributed by atoms with Crippen molar-refractivity contribution in [3.63, 3.8) is 0 Å². The summed E-state index contributed by atoms with van der Waals surface area (Å²) in [5.74, 6) is -1.53. The van der Waals surface area contributed by atoms with E-state index in [1.807, 2.05) is 0 Å². The van der Waals surface area contributed by atoms with Crippen LogP contribution in [-0.4, -0.2) is 11.7 Å². The molecule has 0 atom stereocenters. The van der Waals surface area contributed by atoms with Crippen molar-refractivity contribution in [3.05, 3.63) is 35.6 Å². The van der Waals surface area contributed by atoms with Gasteiger partial charge in [0.15, 0.2) is 11.6 Å². The first kappa shape index (κ1) is 14.3. The molecule has 108 valence electrons. The Morgan fingerprint density at radius 2 is 1.90 bits per heavy atom. The van der Waals surface area contributed by atoms with Gasteiger partial charge in [-0.1, -0.05) is 0 Å². The number of alkyl carbamates (subject to hydrolysis) is 1. The van der Waals surface area contributed by atoms with Crippen molar-refractivity contribution in [3.8, 4) is 0 Å². The first-order chi connectivity index (χ1) is 9.24. The summed E-state index contributed by atoms with van der Waals surface area (Å²) in [6.07, 6.45) is -0.588. The summed E-state index contributed by atoms with van der Waals surface area (Å²) < 4.78 is 36.5. The topological polar surface area (TPSA) is 51.5 Å². The van der Waals surface area contributed by atoms with E-state index in [0.29, 0.717) is 11.1 Å². The van der Waals surface area contributed by atoms with Crippen LogP contribution in [-0.2, 0) is 11.3 Å². The van der Waals surface area contributed by atoms with Gasteiger partial charge >= 0.3 is 6.09 Å². The highest BCUT2D eigenvalue weighted by molar-refractivity contribution is 5.78. The van der Waals surface area contributed by atoms with Gasteiger partial charge in [-0.2, -0.15) is 0 Å². The fourth-order valence-corrected chi connectivity index (χ4v) is 1.65. The molecule has 1 amide bonds. The van der Waals surface area contributed by atoms with E-state index in [2.05, 4.69) is 5.32 Å². The van der Waals surface area contributed by atoms with Gasteiger partial charge in [-0.25, -0.2) is 13.6 Å². The maximum Gasteiger partial charge on any atom is 0.408 e. The molecule has 0 spiro atoms. The third-order valence-corrected chi connectivity index (χ3v) is 2.42. The number of fused-ring (bicyclic) bond motifs is 1. The first-order valence-corrected chi connectivity index (χ1v) is 6.09. The summed E-state index contributed by atoms with van der Waals surface area (Å²) in [6.45, 7) is 5.32. The molecular weight excluding hydrogens is 268 g/mol. The first-order valence-electron chi connectivity index (χ1n) is 6.09. The molecule has 0 aliphatic carbocycles. The highest BCUT2D eigenvalue weighted by atomic mass is 19.2. The van der Waals surface area contributed by atoms with Gasteiger partial charge in [0.05, 0.1) is 6.54 Å². The lowest BCUT2D eigenvalue weighted by atomic mass is 10.2. The minimum Gasteiger partial charge on any atom is -0.459 e. The van der Waals surface area contributed by atoms with Crippen LogP contribution in [0.5, 0.6) is 0 Å². The average molecular weight is 283 g/mol. The highest BCUT2D eigenvalue weighted by Gasteiger charge is 2.16. The van der Waals surface area contributed by atoms with Crippen molar-refractivity contribution in [2.24, 2.45) is 0 Å². The number of amides is 1. The number of benzene rings is 1. The van der Waals surface area contributed by atoms with E-state index in [1.165, 1.54) is 6.07 Å². The maximum absolute atomic E-state index is 13.1. The fourth-order valence-electron chi connectivity index (χ4n) is 1.65. The second-order valence-electron chi connectivity index (χ2n) is 5.37. The molecule has 0 unspecified atom stereocenters. The van der Waals surface area contributed by atoms with Crippen LogP contribution in [0, 0.1) is 11.6 Å². The molecule has 1 aromatic heterocycles. The number of carbonyl (C=O) groups excluding carboxylic acids is 1. The van der Waals surface area contributed by atoms with Crippen LogP contribution in [0.4, 0.5) is 13.6 Å². The van der Waals surface area contributed by atoms with Gasteiger partial charge in [0.25, 0.3) is 0 Å². The van der Waals surface area contributed by atoms with Crippen molar-refractivity contribution >= 4 is 17.1 Å². The van der Waals surface area contributed by atoms with Crippen LogP contribution in [0.15, 0.2) is 22.6 Å². The van der Waals surface area contributed by atoms with E-state index in [9.17, 15) is 13.6 Å². The highest BCUT2D eigenvalue weighted by Crippen LogP contribution is 2.22. The molecule has 6 heteroatoms. The zero-order valence-electron chi connectivity index (χ0n) is 11.4. The van der Waals surface area contributed by atoms with Crippen molar-refractivity contribution < 1.29 is 22.7 Å². The SMILES string of the molecule is CC(C)(C)OC(=O)NCc1cc2cc(F)c(F)cc2o1. The molecule has 0 aliphatic heterocycles. The van der Waals surface area contributed by atoms with E-state index in [4.69, 9.17) is 9.15 Å². The van der Waals surface area contributed by atoms with Crippen LogP contribution >= 0.6 is 0 Å². The maximum atomic E-state index is 13.1. The van der Waals surface area contributed by atoms with Crippen LogP contribution in [0.1, 0.15) is 26.5 Å². The third-order valence-electron chi connectivity index (χ3n) is 2.42. The van der Waals surface area contributed by atoms with Crippen molar-refractivity contribution in [2.75, 3.05) is 0 Å². The molecular formula is C14H15F2NO3. The van der Waals surface area contributed by atoms with Crippen molar-refractivity contribution in [1.29, 1.82) is 0 Å². The molecule has 0 radical (unpaired) electrons. The number of furan rings is 1. The van der Waals surface area contributed by atoms with E-state index in [-0.39, 0.29) is 12.1 Å². The van der Waals surface area contributed by atoms with Gasteiger partial charge in [0, 0.05) is 11.5 Å². The van der Waals surface area contributed by atoms with E-state index >= 15 is 0 Å². The lowest BCUT2D eigenvalue weighted by molar-refractivity contribution is 0.0520. The van der Waals surface area contributed by atoms with Crippen molar-refractivity contribution in [2.45, 2.75) is 32.9 Å². The smallest absolute Gasteiger partial charge is 0.408 e. The molecule has 1 aromatic carbocycles. The second kappa shape index (κ2) is 5.11. The van der Waals surface area contributed by atoms with E-state index < -0.39 is 23.3 Å². The molecule has 1 N–H and O–H groups in total. The molecule has 0 aliphatic rings. The molecule has 0 bridgehead atoms. The average Bonchev–Trinajstić information content (AvgIpc) is 2.67. The number of hydrogen-bond acceptors (Lipinski definition) is 3. The van der Waals surface area contributed by atoms with Gasteiger partial charge in [-0.15, -0.1) is 0 Å². The second-order valence-corrected chi connectivity index (χ2v) is 5.37. The Labute approximate surface area is 114 Å². The molecule has 20 heavy (non-hydrogen) atoms. The number of halogens is 2. The molecule has 1 heterocycles. The van der Waals surface area contributed by atoms with Crippen LogP contribution in [0.3, 0.4) is 0 Å². The standard InChI is InChI=1S/C14H15F2NO3/c1-14(2,3)20-13(18)17-7-9-4-8-5-10(15)11(16)6-12(8)19-9/h4-6H,7H2,1-3H3,(H,17,18). The molecule has 0 saturated heterocycles. The summed E-state index contributed by atoms with van der Waals surface area (Å²) in [7, 11) is 0. The lowest BCUT2D eigenvalue weighted by Gasteiger charge is -2.19. The van der Waals surface area contributed by atoms with Gasteiger partial charge < -0.3 is 14.5 Å². The van der Waals surface area contributed by atoms with E-state index in [0.717, 1.165) is 12.1 Å². The Bertz CT molecular complexity index is 605. The zero-order chi connectivity index (χ0) is 14.9. The predicted molar refractivity (Wildman–Crippen MR) is 69.2 cm³/mol. The summed E-state index contributed by atoms with van der Waals surface area (Å²) in [6, 6.07) is 3.56. The molecule has 0 saturated carbocycles. The number of rotatable bonds is 2. The predicted octanol–water partition coefficient (Wildman–Crippen LogP) is 3.74. The molecule has 2 rings (SSSR count). The quantitative estimate of drug-likeness (QED) is 0.913. The molecule has 0 fully saturated rings. The van der Waals surface area contributed by atoms with Crippen LogP contribution in [0.25, 0.3) is 11.0 Å². The summed E-state index contributed by atoms with van der Waals surface area (Å²) in [5, 5.41) is 2.94. The normalized spacial score (nSPS) is 11.7. The van der Waals surface area contributed by atoms with Gasteiger partial charge in [-0.05, 0) is 32.9 Å². The van der Waals surface area contributed by atoms with Crippen LogP contribution in [0.2, 0.25) is 0 Å². The van der Waals surface area contributed by atoms with Gasteiger partial charge in [0.2, 0.25) is 0 Å². The Morgan fingerprint density at radius 1 is 1.25 bits per heavy atom. The zero-order valence-corrected chi connectivity index (χ0v) is 11.4. The van der Waals surface area contributed by atoms with Gasteiger partial charge in [0.1, 0.15) is 16.9 Å². The third kappa shape index (κ3) is 3.46. The number of hydrogen-bond donors (Lipinski definition) is 1. The summed E-state index contributed by atoms with van der Waals surface area (Å²) in [4.78, 5) is 11.5. The Hall–Kier alpha value is -2.11. The largest absolute Gasteiger partial charge is 0.459 e. The Balaban J connectivity index is 2.05. The number of nitrogens with one attached hydrogen (secondary N) is 1. The number of carbonyl (C=O) groups is 1. The monoisotopic (exact) mass is 283 g/mol.